The molecule has 0 unspecified atom stereocenters. The van der Waals surface area contributed by atoms with E-state index in [1.165, 1.54) is 0 Å². The number of amides is 1. The Bertz CT molecular complexity index is 1110. The van der Waals surface area contributed by atoms with Gasteiger partial charge in [-0.25, -0.2) is 4.98 Å². The summed E-state index contributed by atoms with van der Waals surface area (Å²) in [4.78, 5) is 20.4. The molecule has 4 rings (SSSR count). The standard InChI is InChI=1S/C19H20N6O2/c1-3-17-23-24-18-13(5-4-10-25(17)18)19(26)20-9-8-16-21-14-7-6-12(27-2)11-15(14)22-16/h4-7,10-11H,3,8-9H2,1-2H3,(H,20,26)(H,21,22). The van der Waals surface area contributed by atoms with E-state index in [2.05, 4.69) is 25.5 Å². The van der Waals surface area contributed by atoms with Crippen LogP contribution in [-0.4, -0.2) is 44.1 Å². The number of fused-ring (bicyclic) bond motifs is 2. The van der Waals surface area contributed by atoms with Crippen LogP contribution in [0.1, 0.15) is 28.9 Å². The topological polar surface area (TPSA) is 97.2 Å². The highest BCUT2D eigenvalue weighted by Gasteiger charge is 2.14. The number of aromatic amines is 1. The van der Waals surface area contributed by atoms with Gasteiger partial charge in [-0.1, -0.05) is 6.92 Å². The van der Waals surface area contributed by atoms with Crippen LogP contribution < -0.4 is 10.1 Å². The summed E-state index contributed by atoms with van der Waals surface area (Å²) in [6, 6.07) is 9.27. The van der Waals surface area contributed by atoms with Crippen molar-refractivity contribution in [3.63, 3.8) is 0 Å². The van der Waals surface area contributed by atoms with E-state index in [9.17, 15) is 4.79 Å². The van der Waals surface area contributed by atoms with Gasteiger partial charge in [0.2, 0.25) is 0 Å². The van der Waals surface area contributed by atoms with Gasteiger partial charge in [-0.3, -0.25) is 9.20 Å². The van der Waals surface area contributed by atoms with Gasteiger partial charge in [-0.05, 0) is 24.3 Å². The lowest BCUT2D eigenvalue weighted by Crippen LogP contribution is -2.26. The van der Waals surface area contributed by atoms with Crippen molar-refractivity contribution in [3.8, 4) is 5.75 Å². The SMILES string of the molecule is CCc1nnc2c(C(=O)NCCc3nc4ccc(OC)cc4[nH]3)cccn12. The molecular formula is C19H20N6O2. The fourth-order valence-electron chi connectivity index (χ4n) is 3.06. The summed E-state index contributed by atoms with van der Waals surface area (Å²) in [6.07, 6.45) is 3.22. The minimum Gasteiger partial charge on any atom is -0.497 e. The van der Waals surface area contributed by atoms with Gasteiger partial charge in [0.1, 0.15) is 17.4 Å². The van der Waals surface area contributed by atoms with Crippen LogP contribution in [0.2, 0.25) is 0 Å². The molecule has 1 amide bonds. The molecule has 0 radical (unpaired) electrons. The molecule has 138 valence electrons. The molecule has 0 atom stereocenters. The van der Waals surface area contributed by atoms with Crippen molar-refractivity contribution in [2.45, 2.75) is 19.8 Å². The van der Waals surface area contributed by atoms with Crippen molar-refractivity contribution in [1.29, 1.82) is 0 Å². The van der Waals surface area contributed by atoms with Crippen LogP contribution in [-0.2, 0) is 12.8 Å². The number of rotatable bonds is 6. The second kappa shape index (κ2) is 7.06. The first-order chi connectivity index (χ1) is 13.2. The number of aromatic nitrogens is 5. The summed E-state index contributed by atoms with van der Waals surface area (Å²) in [5.41, 5.74) is 2.87. The summed E-state index contributed by atoms with van der Waals surface area (Å²) in [7, 11) is 1.63. The zero-order valence-corrected chi connectivity index (χ0v) is 15.2. The molecular weight excluding hydrogens is 344 g/mol. The summed E-state index contributed by atoms with van der Waals surface area (Å²) < 4.78 is 7.07. The van der Waals surface area contributed by atoms with Gasteiger partial charge >= 0.3 is 0 Å². The third-order valence-electron chi connectivity index (χ3n) is 4.45. The highest BCUT2D eigenvalue weighted by Crippen LogP contribution is 2.18. The lowest BCUT2D eigenvalue weighted by Gasteiger charge is -2.05. The number of nitrogens with zero attached hydrogens (tertiary/aromatic N) is 4. The molecule has 0 aliphatic carbocycles. The van der Waals surface area contributed by atoms with Gasteiger partial charge < -0.3 is 15.0 Å². The summed E-state index contributed by atoms with van der Waals surface area (Å²) in [6.45, 7) is 2.47. The van der Waals surface area contributed by atoms with E-state index in [1.54, 1.807) is 13.2 Å². The fraction of sp³-hybridized carbons (Fsp3) is 0.263. The van der Waals surface area contributed by atoms with E-state index in [0.29, 0.717) is 24.2 Å². The monoisotopic (exact) mass is 364 g/mol. The molecule has 8 nitrogen and oxygen atoms in total. The van der Waals surface area contributed by atoms with Gasteiger partial charge in [-0.2, -0.15) is 0 Å². The quantitative estimate of drug-likeness (QED) is 0.546. The van der Waals surface area contributed by atoms with Crippen molar-refractivity contribution >= 4 is 22.6 Å². The number of imidazole rings is 1. The molecule has 0 fully saturated rings. The molecule has 2 N–H and O–H groups in total. The van der Waals surface area contributed by atoms with Crippen LogP contribution in [0.25, 0.3) is 16.7 Å². The Morgan fingerprint density at radius 3 is 3.00 bits per heavy atom. The third-order valence-corrected chi connectivity index (χ3v) is 4.45. The van der Waals surface area contributed by atoms with E-state index in [0.717, 1.165) is 34.9 Å². The van der Waals surface area contributed by atoms with E-state index >= 15 is 0 Å². The number of hydrogen-bond donors (Lipinski definition) is 2. The molecule has 0 aliphatic heterocycles. The van der Waals surface area contributed by atoms with Crippen LogP contribution in [0.4, 0.5) is 0 Å². The predicted octanol–water partition coefficient (Wildman–Crippen LogP) is 2.15. The Labute approximate surface area is 155 Å². The largest absolute Gasteiger partial charge is 0.497 e. The molecule has 0 bridgehead atoms. The number of H-pyrrole nitrogens is 1. The van der Waals surface area contributed by atoms with Gasteiger partial charge in [0.15, 0.2) is 5.65 Å². The molecule has 0 aliphatic rings. The lowest BCUT2D eigenvalue weighted by atomic mass is 10.2. The van der Waals surface area contributed by atoms with E-state index < -0.39 is 0 Å². The minimum absolute atomic E-state index is 0.173. The van der Waals surface area contributed by atoms with Crippen LogP contribution in [0, 0.1) is 0 Å². The maximum absolute atomic E-state index is 12.6. The molecule has 27 heavy (non-hydrogen) atoms. The van der Waals surface area contributed by atoms with Gasteiger partial charge in [0.25, 0.3) is 5.91 Å². The normalized spacial score (nSPS) is 11.2. The number of ether oxygens (including phenoxy) is 1. The van der Waals surface area contributed by atoms with Crippen molar-refractivity contribution in [2.75, 3.05) is 13.7 Å². The van der Waals surface area contributed by atoms with E-state index in [-0.39, 0.29) is 5.91 Å². The second-order valence-electron chi connectivity index (χ2n) is 6.16. The van der Waals surface area contributed by atoms with Crippen molar-refractivity contribution in [2.24, 2.45) is 0 Å². The van der Waals surface area contributed by atoms with E-state index in [4.69, 9.17) is 4.74 Å². The molecule has 0 saturated heterocycles. The summed E-state index contributed by atoms with van der Waals surface area (Å²) in [5.74, 6) is 2.25. The Balaban J connectivity index is 1.45. The number of aryl methyl sites for hydroxylation is 1. The van der Waals surface area contributed by atoms with Crippen LogP contribution in [0.15, 0.2) is 36.5 Å². The fourth-order valence-corrected chi connectivity index (χ4v) is 3.06. The number of carbonyl (C=O) groups is 1. The number of nitrogens with one attached hydrogen (secondary N) is 2. The van der Waals surface area contributed by atoms with Gasteiger partial charge in [0, 0.05) is 31.6 Å². The molecule has 1 aromatic carbocycles. The Morgan fingerprint density at radius 2 is 2.19 bits per heavy atom. The summed E-state index contributed by atoms with van der Waals surface area (Å²) >= 11 is 0. The summed E-state index contributed by atoms with van der Waals surface area (Å²) in [5, 5.41) is 11.2. The number of hydrogen-bond acceptors (Lipinski definition) is 5. The van der Waals surface area contributed by atoms with Crippen LogP contribution in [0.3, 0.4) is 0 Å². The van der Waals surface area contributed by atoms with Gasteiger partial charge in [-0.15, -0.1) is 10.2 Å². The zero-order valence-electron chi connectivity index (χ0n) is 15.2. The molecule has 0 saturated carbocycles. The number of benzene rings is 1. The molecule has 4 aromatic rings. The maximum Gasteiger partial charge on any atom is 0.255 e. The lowest BCUT2D eigenvalue weighted by molar-refractivity contribution is 0.0955. The number of pyridine rings is 1. The third kappa shape index (κ3) is 3.21. The first-order valence-corrected chi connectivity index (χ1v) is 8.83. The average molecular weight is 364 g/mol. The zero-order chi connectivity index (χ0) is 18.8. The first-order valence-electron chi connectivity index (χ1n) is 8.83. The van der Waals surface area contributed by atoms with Crippen LogP contribution in [0.5, 0.6) is 5.75 Å². The van der Waals surface area contributed by atoms with Crippen molar-refractivity contribution < 1.29 is 9.53 Å². The van der Waals surface area contributed by atoms with E-state index in [1.807, 2.05) is 41.8 Å². The van der Waals surface area contributed by atoms with Crippen LogP contribution >= 0.6 is 0 Å². The number of methoxy groups -OCH3 is 1. The molecule has 3 aromatic heterocycles. The molecule has 0 spiro atoms. The molecule has 8 heteroatoms. The highest BCUT2D eigenvalue weighted by molar-refractivity contribution is 5.99. The predicted molar refractivity (Wildman–Crippen MR) is 101 cm³/mol. The first kappa shape index (κ1) is 17.0. The van der Waals surface area contributed by atoms with Crippen molar-refractivity contribution in [1.82, 2.24) is 29.9 Å². The minimum atomic E-state index is -0.173. The number of carbonyl (C=O) groups excluding carboxylic acids is 1. The van der Waals surface area contributed by atoms with Gasteiger partial charge in [0.05, 0.1) is 23.7 Å². The molecule has 3 heterocycles. The highest BCUT2D eigenvalue weighted by atomic mass is 16.5. The Morgan fingerprint density at radius 1 is 1.30 bits per heavy atom. The maximum atomic E-state index is 12.6. The Hall–Kier alpha value is -3.42. The average Bonchev–Trinajstić information content (AvgIpc) is 3.30. The smallest absolute Gasteiger partial charge is 0.255 e. The Kier molecular flexibility index (Phi) is 4.45. The van der Waals surface area contributed by atoms with Crippen molar-refractivity contribution in [3.05, 3.63) is 53.7 Å². The second-order valence-corrected chi connectivity index (χ2v) is 6.16.